The molecule has 4 rings (SSSR count). The number of rotatable bonds is 1. The maximum absolute atomic E-state index is 10.5. The molecule has 0 bridgehead atoms. The van der Waals surface area contributed by atoms with Crippen molar-refractivity contribution in [3.63, 3.8) is 0 Å². The minimum absolute atomic E-state index is 0.0724. The Kier molecular flexibility index (Phi) is 3.49. The lowest BCUT2D eigenvalue weighted by molar-refractivity contribution is -0.0889. The molecule has 3 saturated carbocycles. The van der Waals surface area contributed by atoms with Crippen LogP contribution in [-0.2, 0) is 0 Å². The van der Waals surface area contributed by atoms with Crippen LogP contribution in [0.1, 0.15) is 58.3 Å². The second-order valence-corrected chi connectivity index (χ2v) is 8.69. The van der Waals surface area contributed by atoms with Gasteiger partial charge in [-0.1, -0.05) is 18.6 Å². The van der Waals surface area contributed by atoms with Crippen LogP contribution in [0, 0.1) is 28.6 Å². The molecule has 0 aromatic rings. The summed E-state index contributed by atoms with van der Waals surface area (Å²) in [5, 5.41) is 30.8. The highest BCUT2D eigenvalue weighted by atomic mass is 16.3. The average Bonchev–Trinajstić information content (AvgIpc) is 2.82. The lowest BCUT2D eigenvalue weighted by Gasteiger charge is -2.58. The number of allylic oxidation sites excluding steroid dienone is 1. The van der Waals surface area contributed by atoms with Crippen molar-refractivity contribution in [1.29, 1.82) is 0 Å². The number of aliphatic hydroxyl groups excluding tert-OH is 3. The molecule has 0 aromatic carbocycles. The highest BCUT2D eigenvalue weighted by molar-refractivity contribution is 5.26. The summed E-state index contributed by atoms with van der Waals surface area (Å²) < 4.78 is 0. The molecule has 0 spiro atoms. The molecule has 7 atom stereocenters. The van der Waals surface area contributed by atoms with Crippen molar-refractivity contribution in [2.75, 3.05) is 6.61 Å². The van der Waals surface area contributed by atoms with E-state index in [9.17, 15) is 15.3 Å². The summed E-state index contributed by atoms with van der Waals surface area (Å²) in [5.74, 6) is 1.77. The molecule has 124 valence electrons. The first-order valence-electron chi connectivity index (χ1n) is 9.18. The Hall–Kier alpha value is -0.380. The van der Waals surface area contributed by atoms with Crippen molar-refractivity contribution < 1.29 is 15.3 Å². The van der Waals surface area contributed by atoms with Gasteiger partial charge in [0.15, 0.2) is 0 Å². The highest BCUT2D eigenvalue weighted by Gasteiger charge is 2.59. The minimum atomic E-state index is -0.218. The fourth-order valence-electron chi connectivity index (χ4n) is 6.70. The summed E-state index contributed by atoms with van der Waals surface area (Å²) in [6.45, 7) is 2.53. The van der Waals surface area contributed by atoms with E-state index in [1.807, 2.05) is 0 Å². The molecule has 4 aliphatic carbocycles. The van der Waals surface area contributed by atoms with Crippen molar-refractivity contribution in [2.24, 2.45) is 28.6 Å². The highest BCUT2D eigenvalue weighted by Crippen LogP contribution is 2.64. The van der Waals surface area contributed by atoms with Crippen LogP contribution >= 0.6 is 0 Å². The van der Waals surface area contributed by atoms with Crippen molar-refractivity contribution in [3.05, 3.63) is 11.6 Å². The Morgan fingerprint density at radius 3 is 2.68 bits per heavy atom. The summed E-state index contributed by atoms with van der Waals surface area (Å²) in [5.41, 5.74) is 1.35. The molecule has 5 unspecified atom stereocenters. The van der Waals surface area contributed by atoms with E-state index >= 15 is 0 Å². The van der Waals surface area contributed by atoms with Crippen LogP contribution in [0.5, 0.6) is 0 Å². The second-order valence-electron chi connectivity index (χ2n) is 8.69. The van der Waals surface area contributed by atoms with Gasteiger partial charge < -0.3 is 15.3 Å². The fourth-order valence-corrected chi connectivity index (χ4v) is 6.70. The third-order valence-corrected chi connectivity index (χ3v) is 8.03. The van der Waals surface area contributed by atoms with Crippen molar-refractivity contribution in [2.45, 2.75) is 70.5 Å². The molecular weight excluding hydrogens is 276 g/mol. The lowest BCUT2D eigenvalue weighted by Crippen LogP contribution is -2.53. The van der Waals surface area contributed by atoms with Crippen LogP contribution in [0.4, 0.5) is 0 Å². The lowest BCUT2D eigenvalue weighted by atomic mass is 9.47. The van der Waals surface area contributed by atoms with Gasteiger partial charge in [0.2, 0.25) is 0 Å². The van der Waals surface area contributed by atoms with Gasteiger partial charge in [0, 0.05) is 5.41 Å². The molecule has 3 heteroatoms. The van der Waals surface area contributed by atoms with Gasteiger partial charge in [-0.25, -0.2) is 0 Å². The van der Waals surface area contributed by atoms with E-state index in [1.165, 1.54) is 5.57 Å². The van der Waals surface area contributed by atoms with E-state index in [0.717, 1.165) is 51.4 Å². The van der Waals surface area contributed by atoms with Gasteiger partial charge in [-0.2, -0.15) is 0 Å². The molecule has 0 heterocycles. The normalized spacial score (nSPS) is 54.2. The first-order chi connectivity index (χ1) is 10.5. The molecule has 3 nitrogen and oxygen atoms in total. The summed E-state index contributed by atoms with van der Waals surface area (Å²) in [4.78, 5) is 0. The molecule has 0 aliphatic heterocycles. The molecule has 3 fully saturated rings. The number of fused-ring (bicyclic) bond motifs is 5. The zero-order chi connectivity index (χ0) is 15.5. The Morgan fingerprint density at radius 1 is 1.09 bits per heavy atom. The molecule has 0 saturated heterocycles. The van der Waals surface area contributed by atoms with E-state index in [1.54, 1.807) is 0 Å². The first kappa shape index (κ1) is 15.2. The Balaban J connectivity index is 1.70. The number of hydrogen-bond acceptors (Lipinski definition) is 3. The molecule has 4 aliphatic rings. The van der Waals surface area contributed by atoms with Gasteiger partial charge in [-0.05, 0) is 74.5 Å². The van der Waals surface area contributed by atoms with Crippen LogP contribution in [0.25, 0.3) is 0 Å². The Bertz CT molecular complexity index is 487. The van der Waals surface area contributed by atoms with Crippen molar-refractivity contribution in [1.82, 2.24) is 0 Å². The molecule has 0 radical (unpaired) electrons. The number of hydrogen-bond donors (Lipinski definition) is 3. The Morgan fingerprint density at radius 2 is 1.91 bits per heavy atom. The fraction of sp³-hybridized carbons (Fsp3) is 0.895. The summed E-state index contributed by atoms with van der Waals surface area (Å²) >= 11 is 0. The number of aliphatic hydroxyl groups is 3. The summed E-state index contributed by atoms with van der Waals surface area (Å²) in [6, 6.07) is 0. The first-order valence-corrected chi connectivity index (χ1v) is 9.18. The smallest absolute Gasteiger partial charge is 0.0596 e. The van der Waals surface area contributed by atoms with Crippen molar-refractivity contribution in [3.8, 4) is 0 Å². The van der Waals surface area contributed by atoms with Gasteiger partial charge in [-0.3, -0.25) is 0 Å². The van der Waals surface area contributed by atoms with Gasteiger partial charge in [-0.15, -0.1) is 0 Å². The van der Waals surface area contributed by atoms with Crippen LogP contribution in [-0.4, -0.2) is 34.1 Å². The third kappa shape index (κ3) is 1.85. The van der Waals surface area contributed by atoms with E-state index < -0.39 is 0 Å². The van der Waals surface area contributed by atoms with Gasteiger partial charge >= 0.3 is 0 Å². The summed E-state index contributed by atoms with van der Waals surface area (Å²) in [6.07, 6.45) is 9.91. The average molecular weight is 306 g/mol. The van der Waals surface area contributed by atoms with Gasteiger partial charge in [0.1, 0.15) is 0 Å². The van der Waals surface area contributed by atoms with Crippen LogP contribution in [0.15, 0.2) is 11.6 Å². The minimum Gasteiger partial charge on any atom is -0.395 e. The van der Waals surface area contributed by atoms with Gasteiger partial charge in [0.05, 0.1) is 18.8 Å². The topological polar surface area (TPSA) is 60.7 Å². The second kappa shape index (κ2) is 5.06. The van der Waals surface area contributed by atoms with E-state index in [2.05, 4.69) is 13.0 Å². The quantitative estimate of drug-likeness (QED) is 0.653. The molecule has 0 aromatic heterocycles. The Labute approximate surface area is 133 Å². The van der Waals surface area contributed by atoms with E-state index in [-0.39, 0.29) is 29.6 Å². The monoisotopic (exact) mass is 306 g/mol. The zero-order valence-electron chi connectivity index (χ0n) is 13.7. The molecule has 22 heavy (non-hydrogen) atoms. The molecular formula is C19H30O3. The largest absolute Gasteiger partial charge is 0.395 e. The van der Waals surface area contributed by atoms with Crippen molar-refractivity contribution >= 4 is 0 Å². The standard InChI is InChI=1S/C19H30O3/c1-18-8-7-16-14(15(18)4-5-17(18)22)3-2-12-10-13(21)6-9-19(12,16)11-20/h2,13-17,20-22H,3-11H2,1H3/t13?,14?,15?,16?,17?,18-,19+/m0/s1. The van der Waals surface area contributed by atoms with E-state index in [4.69, 9.17) is 0 Å². The SMILES string of the molecule is C[C@]12CCC3C(CC=C4CC(O)CC[C@@]43CO)C1CCC2O. The summed E-state index contributed by atoms with van der Waals surface area (Å²) in [7, 11) is 0. The van der Waals surface area contributed by atoms with E-state index in [0.29, 0.717) is 17.8 Å². The van der Waals surface area contributed by atoms with Crippen LogP contribution in [0.3, 0.4) is 0 Å². The maximum Gasteiger partial charge on any atom is 0.0596 e. The maximum atomic E-state index is 10.5. The zero-order valence-corrected chi connectivity index (χ0v) is 13.7. The predicted octanol–water partition coefficient (Wildman–Crippen LogP) is 2.64. The van der Waals surface area contributed by atoms with Crippen LogP contribution in [0.2, 0.25) is 0 Å². The molecule has 3 N–H and O–H groups in total. The van der Waals surface area contributed by atoms with Crippen LogP contribution < -0.4 is 0 Å². The van der Waals surface area contributed by atoms with Gasteiger partial charge in [0.25, 0.3) is 0 Å². The predicted molar refractivity (Wildman–Crippen MR) is 85.1 cm³/mol. The third-order valence-electron chi connectivity index (χ3n) is 8.03. The molecule has 0 amide bonds.